The van der Waals surface area contributed by atoms with E-state index in [-0.39, 0.29) is 28.9 Å². The van der Waals surface area contributed by atoms with Gasteiger partial charge in [0, 0.05) is 20.0 Å². The molecular formula is C26H26FeN6O3. The van der Waals surface area contributed by atoms with Gasteiger partial charge in [0.1, 0.15) is 6.10 Å². The molecule has 2 saturated carbocycles. The smallest absolute Gasteiger partial charge is 0.389 e. The molecule has 4 N–H and O–H groups in total. The predicted molar refractivity (Wildman–Crippen MR) is 131 cm³/mol. The van der Waals surface area contributed by atoms with Crippen molar-refractivity contribution in [2.24, 2.45) is 11.3 Å². The van der Waals surface area contributed by atoms with Crippen LogP contribution in [0.3, 0.4) is 0 Å². The first-order chi connectivity index (χ1) is 17.0. The molecule has 5 atom stereocenters. The first-order valence-electron chi connectivity index (χ1n) is 11.4. The molecule has 2 aliphatic carbocycles. The van der Waals surface area contributed by atoms with Gasteiger partial charge in [0.25, 0.3) is 0 Å². The van der Waals surface area contributed by atoms with E-state index in [4.69, 9.17) is 0 Å². The van der Waals surface area contributed by atoms with Crippen LogP contribution in [0.2, 0.25) is 0 Å². The van der Waals surface area contributed by atoms with E-state index in [1.807, 2.05) is 54.6 Å². The van der Waals surface area contributed by atoms with Crippen LogP contribution in [0.25, 0.3) is 11.2 Å². The number of fused-ring (bicyclic) bond motifs is 2. The molecule has 0 bridgehead atoms. The Morgan fingerprint density at radius 3 is 2.56 bits per heavy atom. The molecule has 186 valence electrons. The Kier molecular flexibility index (Phi) is 7.29. The fraction of sp³-hybridized carbons (Fsp3) is 0.308. The molecule has 2 fully saturated rings. The Morgan fingerprint density at radius 1 is 1.17 bits per heavy atom. The van der Waals surface area contributed by atoms with Crippen molar-refractivity contribution in [2.45, 2.75) is 24.7 Å². The molecule has 6 rings (SSSR count). The van der Waals surface area contributed by atoms with Crippen molar-refractivity contribution in [1.82, 2.24) is 24.8 Å². The second-order valence-electron chi connectivity index (χ2n) is 8.71. The van der Waals surface area contributed by atoms with Gasteiger partial charge in [-0.2, -0.15) is 42.3 Å². The monoisotopic (exact) mass is 526 g/mol. The summed E-state index contributed by atoms with van der Waals surface area (Å²) in [5.74, 6) is 6.38. The number of carbonyl (C=O) groups is 1. The van der Waals surface area contributed by atoms with Crippen LogP contribution < -0.4 is 10.6 Å². The number of aliphatic hydroxyl groups excluding tert-OH is 2. The number of nitrogens with zero attached hydrogens (tertiary/aromatic N) is 4. The zero-order valence-electron chi connectivity index (χ0n) is 19.7. The molecule has 2 aromatic carbocycles. The van der Waals surface area contributed by atoms with Crippen LogP contribution >= 0.6 is 0 Å². The molecule has 9 nitrogen and oxygen atoms in total. The van der Waals surface area contributed by atoms with Gasteiger partial charge in [-0.3, -0.25) is 4.79 Å². The number of aliphatic hydroxyl groups is 2. The quantitative estimate of drug-likeness (QED) is 0.181. The fourth-order valence-electron chi connectivity index (χ4n) is 5.06. The van der Waals surface area contributed by atoms with Gasteiger partial charge in [-0.05, 0) is 6.42 Å². The summed E-state index contributed by atoms with van der Waals surface area (Å²) >= 11 is 0. The number of imidazole rings is 1. The Morgan fingerprint density at radius 2 is 1.94 bits per heavy atom. The van der Waals surface area contributed by atoms with Crippen molar-refractivity contribution < 1.29 is 32.1 Å². The van der Waals surface area contributed by atoms with Gasteiger partial charge < -0.3 is 25.4 Å². The third-order valence-electron chi connectivity index (χ3n) is 6.84. The number of amides is 1. The summed E-state index contributed by atoms with van der Waals surface area (Å²) in [6.45, 7) is 0. The van der Waals surface area contributed by atoms with E-state index in [0.717, 1.165) is 5.56 Å². The van der Waals surface area contributed by atoms with Crippen LogP contribution in [-0.4, -0.2) is 61.9 Å². The fourth-order valence-corrected chi connectivity index (χ4v) is 5.06. The zero-order valence-corrected chi connectivity index (χ0v) is 20.8. The van der Waals surface area contributed by atoms with Gasteiger partial charge in [-0.1, -0.05) is 5.92 Å². The Labute approximate surface area is 219 Å². The van der Waals surface area contributed by atoms with E-state index in [0.29, 0.717) is 29.2 Å². The second kappa shape index (κ2) is 10.2. The number of hydrogen-bond donors (Lipinski definition) is 4. The molecule has 2 aliphatic rings. The summed E-state index contributed by atoms with van der Waals surface area (Å²) in [6.07, 6.45) is -0.173. The van der Waals surface area contributed by atoms with Gasteiger partial charge >= 0.3 is 17.1 Å². The molecule has 0 aliphatic heterocycles. The zero-order chi connectivity index (χ0) is 24.6. The summed E-state index contributed by atoms with van der Waals surface area (Å²) in [4.78, 5) is 25.8. The van der Waals surface area contributed by atoms with E-state index >= 15 is 0 Å². The molecule has 2 unspecified atom stereocenters. The number of hydrogen-bond acceptors (Lipinski definition) is 7. The first-order valence-corrected chi connectivity index (χ1v) is 11.4. The average molecular weight is 526 g/mol. The molecule has 4 aromatic rings. The number of aromatic nitrogens is 4. The van der Waals surface area contributed by atoms with E-state index in [1.165, 1.54) is 7.05 Å². The van der Waals surface area contributed by atoms with Crippen molar-refractivity contribution in [3.8, 4) is 11.8 Å². The molecule has 0 saturated heterocycles. The van der Waals surface area contributed by atoms with E-state index in [9.17, 15) is 15.0 Å². The molecule has 2 heterocycles. The summed E-state index contributed by atoms with van der Waals surface area (Å²) in [5.41, 5.74) is 0.934. The third kappa shape index (κ3) is 4.21. The summed E-state index contributed by atoms with van der Waals surface area (Å²) < 4.78 is 1.74. The Bertz CT molecular complexity index is 1370. The van der Waals surface area contributed by atoms with Crippen LogP contribution in [0.5, 0.6) is 0 Å². The molecule has 10 heteroatoms. The van der Waals surface area contributed by atoms with Gasteiger partial charge in [0.15, 0.2) is 22.8 Å². The van der Waals surface area contributed by atoms with Crippen LogP contribution in [-0.2, 0) is 21.9 Å². The second-order valence-corrected chi connectivity index (χ2v) is 8.71. The average Bonchev–Trinajstić information content (AvgIpc) is 3.44. The number of rotatable bonds is 3. The maximum atomic E-state index is 12.4. The van der Waals surface area contributed by atoms with Crippen molar-refractivity contribution in [1.29, 1.82) is 0 Å². The molecule has 0 spiro atoms. The number of anilines is 1. The minimum absolute atomic E-state index is 0. The molecule has 2 aromatic heterocycles. The Balaban J connectivity index is 0.000000455. The maximum Gasteiger partial charge on any atom is 2.00 e. The number of nitrogens with one attached hydrogen (secondary N) is 2. The van der Waals surface area contributed by atoms with Crippen LogP contribution in [0.4, 0.5) is 5.82 Å². The van der Waals surface area contributed by atoms with Crippen molar-refractivity contribution in [3.05, 3.63) is 72.3 Å². The van der Waals surface area contributed by atoms with Crippen molar-refractivity contribution in [3.63, 3.8) is 0 Å². The summed E-state index contributed by atoms with van der Waals surface area (Å²) in [7, 11) is 3.27. The van der Waals surface area contributed by atoms with Crippen LogP contribution in [0.1, 0.15) is 23.9 Å². The maximum absolute atomic E-state index is 12.4. The van der Waals surface area contributed by atoms with Crippen LogP contribution in [0, 0.1) is 23.2 Å². The summed E-state index contributed by atoms with van der Waals surface area (Å²) in [6, 6.07) is 17.1. The summed E-state index contributed by atoms with van der Waals surface area (Å²) in [5, 5.41) is 27.0. The van der Waals surface area contributed by atoms with E-state index in [2.05, 4.69) is 37.4 Å². The van der Waals surface area contributed by atoms with E-state index < -0.39 is 23.7 Å². The van der Waals surface area contributed by atoms with Gasteiger partial charge in [0.05, 0.1) is 23.9 Å². The largest absolute Gasteiger partial charge is 2.00 e. The molecular weight excluding hydrogens is 500 g/mol. The normalized spacial score (nSPS) is 25.4. The van der Waals surface area contributed by atoms with Gasteiger partial charge in [-0.15, -0.1) is 11.6 Å². The third-order valence-corrected chi connectivity index (χ3v) is 6.84. The standard InChI is InChI=1S/C21H21N6O3.C5H5.Fe/c1-22-18-14-19(26-13(25-18)8-7-11-5-3-4-6-11)27(10-24-14)15-12-9-21(12,20(30)23-2)17(29)16(15)28;1-2-4-5-3-1;/h3-6,10,12,15-17,28-29H,9H2,1-2H3,(H,23,30)(H,22,25,26);1-5H;/q2*-1;+2/t12?,15-,16+,17?,21-;;/m1../s1. The van der Waals surface area contributed by atoms with E-state index in [1.54, 1.807) is 17.9 Å². The SMILES string of the molecule is CNC(=O)[C@]12CC1[C@@H](n1cnc3c(NC)nc(C#Cc4ccc[cH-]4)nc31)[C@H](O)C2O.[Fe+2].c1cc[cH-]c1. The van der Waals surface area contributed by atoms with Crippen molar-refractivity contribution >= 4 is 22.9 Å². The Hall–Kier alpha value is -3.48. The van der Waals surface area contributed by atoms with Gasteiger partial charge in [0.2, 0.25) is 5.91 Å². The van der Waals surface area contributed by atoms with Crippen LogP contribution in [0.15, 0.2) is 60.9 Å². The minimum Gasteiger partial charge on any atom is -0.389 e. The number of carbonyl (C=O) groups excluding carboxylic acids is 1. The van der Waals surface area contributed by atoms with Gasteiger partial charge in [-0.25, -0.2) is 27.1 Å². The predicted octanol–water partition coefficient (Wildman–Crippen LogP) is 1.42. The first kappa shape index (κ1) is 25.6. The minimum atomic E-state index is -1.15. The molecule has 36 heavy (non-hydrogen) atoms. The topological polar surface area (TPSA) is 125 Å². The van der Waals surface area contributed by atoms with Crippen molar-refractivity contribution in [2.75, 3.05) is 19.4 Å². The molecule has 1 amide bonds. The molecule has 0 radical (unpaired) electrons.